The van der Waals surface area contributed by atoms with Crippen LogP contribution in [0.5, 0.6) is 0 Å². The van der Waals surface area contributed by atoms with Crippen molar-refractivity contribution >= 4 is 5.97 Å². The van der Waals surface area contributed by atoms with Gasteiger partial charge in [-0.25, -0.2) is 0 Å². The molecule has 11 heavy (non-hydrogen) atoms. The van der Waals surface area contributed by atoms with Gasteiger partial charge in [0, 0.05) is 12.5 Å². The van der Waals surface area contributed by atoms with Crippen molar-refractivity contribution in [1.29, 1.82) is 0 Å². The van der Waals surface area contributed by atoms with E-state index in [1.165, 1.54) is 0 Å². The van der Waals surface area contributed by atoms with Crippen molar-refractivity contribution in [2.75, 3.05) is 0 Å². The van der Waals surface area contributed by atoms with E-state index in [1.807, 2.05) is 0 Å². The summed E-state index contributed by atoms with van der Waals surface area (Å²) in [5.41, 5.74) is 4.76. The molecule has 6 heteroatoms. The number of carboxylic acids is 1. The predicted molar refractivity (Wildman–Crippen MR) is 28.3 cm³/mol. The highest BCUT2D eigenvalue weighted by Crippen LogP contribution is 2.21. The van der Waals surface area contributed by atoms with Crippen LogP contribution in [-0.4, -0.2) is 18.2 Å². The van der Waals surface area contributed by atoms with Crippen LogP contribution in [-0.2, 0) is 4.79 Å². The summed E-state index contributed by atoms with van der Waals surface area (Å²) in [6.45, 7) is 0. The summed E-state index contributed by atoms with van der Waals surface area (Å²) in [6, 6.07) is -1.53. The van der Waals surface area contributed by atoms with Gasteiger partial charge in [-0.05, 0) is 6.42 Å². The summed E-state index contributed by atoms with van der Waals surface area (Å²) in [7, 11) is 0. The first-order valence-electron chi connectivity index (χ1n) is 2.86. The number of nitrogens with two attached hydrogens (primary N) is 1. The van der Waals surface area contributed by atoms with Gasteiger partial charge in [-0.15, -0.1) is 0 Å². The molecular formula is C5H7F3NO2-. The minimum Gasteiger partial charge on any atom is -0.548 e. The first-order chi connectivity index (χ1) is 4.83. The Bertz CT molecular complexity index is 145. The van der Waals surface area contributed by atoms with Crippen LogP contribution in [0.25, 0.3) is 0 Å². The lowest BCUT2D eigenvalue weighted by molar-refractivity contribution is -0.307. The minimum atomic E-state index is -4.35. The molecular weight excluding hydrogens is 163 g/mol. The fourth-order valence-corrected chi connectivity index (χ4v) is 0.437. The molecule has 1 atom stereocenters. The molecule has 0 aromatic heterocycles. The molecule has 0 spiro atoms. The summed E-state index contributed by atoms with van der Waals surface area (Å²) in [4.78, 5) is 9.81. The molecule has 66 valence electrons. The summed E-state index contributed by atoms with van der Waals surface area (Å²) >= 11 is 0. The van der Waals surface area contributed by atoms with Crippen molar-refractivity contribution in [2.24, 2.45) is 5.73 Å². The summed E-state index contributed by atoms with van der Waals surface area (Å²) in [5.74, 6) is -1.66. The van der Waals surface area contributed by atoms with Crippen molar-refractivity contribution < 1.29 is 23.1 Å². The molecule has 3 nitrogen and oxygen atoms in total. The van der Waals surface area contributed by atoms with Crippen molar-refractivity contribution in [3.8, 4) is 0 Å². The zero-order valence-corrected chi connectivity index (χ0v) is 5.52. The lowest BCUT2D eigenvalue weighted by Crippen LogP contribution is -2.42. The van der Waals surface area contributed by atoms with E-state index in [2.05, 4.69) is 0 Å². The summed E-state index contributed by atoms with van der Waals surface area (Å²) < 4.78 is 34.2. The molecule has 2 N–H and O–H groups in total. The summed E-state index contributed by atoms with van der Waals surface area (Å²) in [5, 5.41) is 9.81. The second-order valence-electron chi connectivity index (χ2n) is 2.08. The Morgan fingerprint density at radius 2 is 2.00 bits per heavy atom. The van der Waals surface area contributed by atoms with Crippen LogP contribution in [0.15, 0.2) is 0 Å². The molecule has 0 amide bonds. The van der Waals surface area contributed by atoms with Gasteiger partial charge in [-0.2, -0.15) is 13.2 Å². The summed E-state index contributed by atoms with van der Waals surface area (Å²) in [6.07, 6.45) is -6.18. The Morgan fingerprint density at radius 1 is 1.55 bits per heavy atom. The number of hydrogen-bond acceptors (Lipinski definition) is 3. The van der Waals surface area contributed by atoms with Gasteiger partial charge in [-0.3, -0.25) is 0 Å². The van der Waals surface area contributed by atoms with Crippen LogP contribution >= 0.6 is 0 Å². The van der Waals surface area contributed by atoms with Gasteiger partial charge in [0.05, 0.1) is 5.97 Å². The van der Waals surface area contributed by atoms with Gasteiger partial charge in [0.1, 0.15) is 0 Å². The number of carboxylic acid groups (broad SMARTS) is 1. The van der Waals surface area contributed by atoms with Crippen molar-refractivity contribution in [1.82, 2.24) is 0 Å². The molecule has 0 aromatic carbocycles. The number of rotatable bonds is 3. The number of halogens is 3. The maximum absolute atomic E-state index is 11.4. The molecule has 0 fully saturated rings. The van der Waals surface area contributed by atoms with Crippen LogP contribution in [0, 0.1) is 0 Å². The zero-order valence-electron chi connectivity index (χ0n) is 5.52. The van der Waals surface area contributed by atoms with E-state index in [0.717, 1.165) is 0 Å². The molecule has 0 aliphatic carbocycles. The lowest BCUT2D eigenvalue weighted by Gasteiger charge is -2.13. The van der Waals surface area contributed by atoms with Crippen LogP contribution in [0.4, 0.5) is 13.2 Å². The molecule has 0 aliphatic heterocycles. The van der Waals surface area contributed by atoms with Gasteiger partial charge in [0.15, 0.2) is 0 Å². The molecule has 0 bridgehead atoms. The molecule has 0 unspecified atom stereocenters. The van der Waals surface area contributed by atoms with Crippen molar-refractivity contribution in [2.45, 2.75) is 25.1 Å². The maximum Gasteiger partial charge on any atom is 0.389 e. The van der Waals surface area contributed by atoms with E-state index in [9.17, 15) is 23.1 Å². The molecule has 0 rings (SSSR count). The monoisotopic (exact) mass is 170 g/mol. The largest absolute Gasteiger partial charge is 0.548 e. The van der Waals surface area contributed by atoms with E-state index >= 15 is 0 Å². The average Bonchev–Trinajstić information content (AvgIpc) is 1.80. The highest BCUT2D eigenvalue weighted by Gasteiger charge is 2.27. The van der Waals surface area contributed by atoms with Crippen LogP contribution in [0.2, 0.25) is 0 Å². The Labute approximate surface area is 61.0 Å². The highest BCUT2D eigenvalue weighted by molar-refractivity contribution is 5.70. The molecule has 0 saturated heterocycles. The second-order valence-corrected chi connectivity index (χ2v) is 2.08. The quantitative estimate of drug-likeness (QED) is 0.615. The maximum atomic E-state index is 11.4. The molecule has 0 aromatic rings. The predicted octanol–water partition coefficient (Wildman–Crippen LogP) is -0.594. The molecule has 0 heterocycles. The number of carbonyl (C=O) groups excluding carboxylic acids is 1. The number of alkyl halides is 3. The van der Waals surface area contributed by atoms with Gasteiger partial charge >= 0.3 is 6.18 Å². The second kappa shape index (κ2) is 3.56. The van der Waals surface area contributed by atoms with Crippen molar-refractivity contribution in [3.63, 3.8) is 0 Å². The average molecular weight is 170 g/mol. The first-order valence-corrected chi connectivity index (χ1v) is 2.86. The SMILES string of the molecule is N[C@@H](CCC(F)(F)F)C(=O)[O-]. The third-order valence-electron chi connectivity index (χ3n) is 1.04. The molecule has 0 radical (unpaired) electrons. The molecule has 0 saturated carbocycles. The normalized spacial score (nSPS) is 14.5. The van der Waals surface area contributed by atoms with Gasteiger partial charge in [-0.1, -0.05) is 0 Å². The Hall–Kier alpha value is -0.780. The third kappa shape index (κ3) is 5.65. The topological polar surface area (TPSA) is 66.2 Å². The third-order valence-corrected chi connectivity index (χ3v) is 1.04. The van der Waals surface area contributed by atoms with E-state index in [4.69, 9.17) is 5.73 Å². The van der Waals surface area contributed by atoms with E-state index in [0.29, 0.717) is 0 Å². The minimum absolute atomic E-state index is 0.633. The standard InChI is InChI=1S/C5H8F3NO2/c6-5(7,8)2-1-3(9)4(10)11/h3H,1-2,9H2,(H,10,11)/p-1/t3-/m0/s1. The van der Waals surface area contributed by atoms with E-state index < -0.39 is 31.0 Å². The Kier molecular flexibility index (Phi) is 3.31. The number of hydrogen-bond donors (Lipinski definition) is 1. The van der Waals surface area contributed by atoms with Crippen LogP contribution in [0.1, 0.15) is 12.8 Å². The lowest BCUT2D eigenvalue weighted by atomic mass is 10.2. The highest BCUT2D eigenvalue weighted by atomic mass is 19.4. The van der Waals surface area contributed by atoms with Gasteiger partial charge in [0.25, 0.3) is 0 Å². The first kappa shape index (κ1) is 10.2. The smallest absolute Gasteiger partial charge is 0.389 e. The van der Waals surface area contributed by atoms with E-state index in [1.54, 1.807) is 0 Å². The van der Waals surface area contributed by atoms with Gasteiger partial charge < -0.3 is 15.6 Å². The van der Waals surface area contributed by atoms with Crippen LogP contribution < -0.4 is 10.8 Å². The fraction of sp³-hybridized carbons (Fsp3) is 0.800. The number of aliphatic carboxylic acids is 1. The van der Waals surface area contributed by atoms with Crippen molar-refractivity contribution in [3.05, 3.63) is 0 Å². The Morgan fingerprint density at radius 3 is 2.27 bits per heavy atom. The number of carbonyl (C=O) groups is 1. The van der Waals surface area contributed by atoms with E-state index in [-0.39, 0.29) is 0 Å². The Balaban J connectivity index is 3.63. The van der Waals surface area contributed by atoms with Gasteiger partial charge in [0.2, 0.25) is 0 Å². The zero-order chi connectivity index (χ0) is 9.07. The van der Waals surface area contributed by atoms with Crippen LogP contribution in [0.3, 0.4) is 0 Å². The fourth-order valence-electron chi connectivity index (χ4n) is 0.437. The molecule has 0 aliphatic rings.